The minimum absolute atomic E-state index is 0.199. The van der Waals surface area contributed by atoms with Crippen molar-refractivity contribution in [2.24, 2.45) is 0 Å². The van der Waals surface area contributed by atoms with Crippen molar-refractivity contribution < 1.29 is 4.79 Å². The molecular weight excluding hydrogens is 326 g/mol. The molecule has 0 aliphatic heterocycles. The Bertz CT molecular complexity index is 624. The number of nitrogens with one attached hydrogen (secondary N) is 1. The van der Waals surface area contributed by atoms with Crippen molar-refractivity contribution in [3.63, 3.8) is 0 Å². The second-order valence-electron chi connectivity index (χ2n) is 4.07. The molecule has 0 bridgehead atoms. The SMILES string of the molecule is CCc1nc(NC(=O)c2ccc(Br)c(N)c2)sc1C. The Morgan fingerprint density at radius 3 is 2.84 bits per heavy atom. The molecule has 19 heavy (non-hydrogen) atoms. The van der Waals surface area contributed by atoms with Gasteiger partial charge in [0.25, 0.3) is 5.91 Å². The molecule has 1 aromatic carbocycles. The standard InChI is InChI=1S/C13H14BrN3OS/c1-3-11-7(2)19-13(16-11)17-12(18)8-4-5-9(14)10(15)6-8/h4-6H,3,15H2,1-2H3,(H,16,17,18). The number of hydrogen-bond acceptors (Lipinski definition) is 4. The molecule has 0 aliphatic carbocycles. The second-order valence-corrected chi connectivity index (χ2v) is 6.12. The minimum Gasteiger partial charge on any atom is -0.398 e. The van der Waals surface area contributed by atoms with Gasteiger partial charge in [-0.2, -0.15) is 0 Å². The maximum Gasteiger partial charge on any atom is 0.257 e. The molecule has 4 nitrogen and oxygen atoms in total. The van der Waals surface area contributed by atoms with E-state index in [9.17, 15) is 4.79 Å². The molecule has 0 atom stereocenters. The fraction of sp³-hybridized carbons (Fsp3) is 0.231. The normalized spacial score (nSPS) is 10.5. The first-order valence-electron chi connectivity index (χ1n) is 5.84. The van der Waals surface area contributed by atoms with Crippen LogP contribution >= 0.6 is 27.3 Å². The molecule has 6 heteroatoms. The van der Waals surface area contributed by atoms with Gasteiger partial charge in [0.1, 0.15) is 0 Å². The van der Waals surface area contributed by atoms with Crippen LogP contribution in [0.5, 0.6) is 0 Å². The number of carbonyl (C=O) groups is 1. The molecule has 0 aliphatic rings. The maximum atomic E-state index is 12.1. The number of nitrogens with zero attached hydrogens (tertiary/aromatic N) is 1. The van der Waals surface area contributed by atoms with E-state index in [0.29, 0.717) is 16.4 Å². The first kappa shape index (κ1) is 14.0. The van der Waals surface area contributed by atoms with Crippen LogP contribution in [-0.2, 0) is 6.42 Å². The van der Waals surface area contributed by atoms with E-state index in [-0.39, 0.29) is 5.91 Å². The van der Waals surface area contributed by atoms with Gasteiger partial charge in [0.2, 0.25) is 0 Å². The molecule has 0 radical (unpaired) electrons. The lowest BCUT2D eigenvalue weighted by molar-refractivity contribution is 0.102. The van der Waals surface area contributed by atoms with E-state index < -0.39 is 0 Å². The number of rotatable bonds is 3. The van der Waals surface area contributed by atoms with Crippen LogP contribution in [0.3, 0.4) is 0 Å². The van der Waals surface area contributed by atoms with Crippen LogP contribution in [0.4, 0.5) is 10.8 Å². The molecule has 100 valence electrons. The highest BCUT2D eigenvalue weighted by molar-refractivity contribution is 9.10. The van der Waals surface area contributed by atoms with Crippen LogP contribution in [0.2, 0.25) is 0 Å². The summed E-state index contributed by atoms with van der Waals surface area (Å²) in [4.78, 5) is 17.6. The van der Waals surface area contributed by atoms with Crippen molar-refractivity contribution in [3.05, 3.63) is 38.8 Å². The van der Waals surface area contributed by atoms with Crippen LogP contribution in [0, 0.1) is 6.92 Å². The molecule has 0 spiro atoms. The first-order chi connectivity index (χ1) is 9.01. The Morgan fingerprint density at radius 2 is 2.26 bits per heavy atom. The number of aromatic nitrogens is 1. The van der Waals surface area contributed by atoms with Gasteiger partial charge >= 0.3 is 0 Å². The highest BCUT2D eigenvalue weighted by Gasteiger charge is 2.11. The average Bonchev–Trinajstić information content (AvgIpc) is 2.72. The van der Waals surface area contributed by atoms with E-state index in [1.807, 2.05) is 13.8 Å². The predicted octanol–water partition coefficient (Wildman–Crippen LogP) is 3.61. The average molecular weight is 340 g/mol. The molecule has 0 fully saturated rings. The largest absolute Gasteiger partial charge is 0.398 e. The Kier molecular flexibility index (Phi) is 4.21. The lowest BCUT2D eigenvalue weighted by atomic mass is 10.2. The molecule has 2 rings (SSSR count). The molecule has 1 heterocycles. The fourth-order valence-electron chi connectivity index (χ4n) is 1.66. The van der Waals surface area contributed by atoms with Crippen LogP contribution < -0.4 is 11.1 Å². The second kappa shape index (κ2) is 5.71. The van der Waals surface area contributed by atoms with Gasteiger partial charge in [0.05, 0.1) is 5.69 Å². The summed E-state index contributed by atoms with van der Waals surface area (Å²) in [6.07, 6.45) is 0.865. The number of carbonyl (C=O) groups excluding carboxylic acids is 1. The summed E-state index contributed by atoms with van der Waals surface area (Å²) >= 11 is 4.79. The zero-order valence-electron chi connectivity index (χ0n) is 10.7. The number of halogens is 1. The number of nitrogens with two attached hydrogens (primary N) is 1. The first-order valence-corrected chi connectivity index (χ1v) is 7.45. The Labute approximate surface area is 124 Å². The molecule has 0 saturated carbocycles. The molecule has 2 aromatic rings. The van der Waals surface area contributed by atoms with Crippen molar-refractivity contribution in [1.82, 2.24) is 4.98 Å². The summed E-state index contributed by atoms with van der Waals surface area (Å²) < 4.78 is 0.780. The third-order valence-corrected chi connectivity index (χ3v) is 4.36. The minimum atomic E-state index is -0.199. The summed E-state index contributed by atoms with van der Waals surface area (Å²) in [5.41, 5.74) is 7.84. The summed E-state index contributed by atoms with van der Waals surface area (Å²) in [6, 6.07) is 5.12. The molecule has 0 saturated heterocycles. The monoisotopic (exact) mass is 339 g/mol. The molecule has 1 aromatic heterocycles. The molecule has 0 unspecified atom stereocenters. The molecule has 3 N–H and O–H groups in total. The van der Waals surface area contributed by atoms with Gasteiger partial charge in [0.15, 0.2) is 5.13 Å². The van der Waals surface area contributed by atoms with Crippen molar-refractivity contribution in [2.45, 2.75) is 20.3 Å². The van der Waals surface area contributed by atoms with Gasteiger partial charge in [-0.15, -0.1) is 11.3 Å². The number of aryl methyl sites for hydroxylation is 2. The van der Waals surface area contributed by atoms with Gasteiger partial charge < -0.3 is 5.73 Å². The Balaban J connectivity index is 2.18. The zero-order valence-corrected chi connectivity index (χ0v) is 13.1. The van der Waals surface area contributed by atoms with Crippen LogP contribution in [0.15, 0.2) is 22.7 Å². The Morgan fingerprint density at radius 1 is 1.53 bits per heavy atom. The maximum absolute atomic E-state index is 12.1. The predicted molar refractivity (Wildman–Crippen MR) is 82.7 cm³/mol. The van der Waals surface area contributed by atoms with E-state index in [4.69, 9.17) is 5.73 Å². The smallest absolute Gasteiger partial charge is 0.257 e. The molecule has 1 amide bonds. The van der Waals surface area contributed by atoms with Crippen LogP contribution in [0.25, 0.3) is 0 Å². The third-order valence-electron chi connectivity index (χ3n) is 2.71. The molecular formula is C13H14BrN3OS. The van der Waals surface area contributed by atoms with E-state index in [2.05, 4.69) is 26.2 Å². The number of anilines is 2. The summed E-state index contributed by atoms with van der Waals surface area (Å²) in [6.45, 7) is 4.05. The van der Waals surface area contributed by atoms with E-state index in [1.165, 1.54) is 11.3 Å². The van der Waals surface area contributed by atoms with Crippen molar-refractivity contribution in [2.75, 3.05) is 11.1 Å². The van der Waals surface area contributed by atoms with E-state index in [0.717, 1.165) is 21.5 Å². The lowest BCUT2D eigenvalue weighted by Gasteiger charge is -2.04. The lowest BCUT2D eigenvalue weighted by Crippen LogP contribution is -2.12. The topological polar surface area (TPSA) is 68.0 Å². The fourth-order valence-corrected chi connectivity index (χ4v) is 2.81. The highest BCUT2D eigenvalue weighted by atomic mass is 79.9. The summed E-state index contributed by atoms with van der Waals surface area (Å²) in [7, 11) is 0. The van der Waals surface area contributed by atoms with Gasteiger partial charge in [0, 0.05) is 20.6 Å². The van der Waals surface area contributed by atoms with Crippen LogP contribution in [-0.4, -0.2) is 10.9 Å². The van der Waals surface area contributed by atoms with Crippen molar-refractivity contribution >= 4 is 44.0 Å². The highest BCUT2D eigenvalue weighted by Crippen LogP contribution is 2.24. The number of thiazole rings is 1. The van der Waals surface area contributed by atoms with Crippen LogP contribution in [0.1, 0.15) is 27.9 Å². The summed E-state index contributed by atoms with van der Waals surface area (Å²) in [5.74, 6) is -0.199. The number of amides is 1. The summed E-state index contributed by atoms with van der Waals surface area (Å²) in [5, 5.41) is 3.42. The number of nitrogen functional groups attached to an aromatic ring is 1. The van der Waals surface area contributed by atoms with Gasteiger partial charge in [-0.05, 0) is 47.5 Å². The number of benzene rings is 1. The van der Waals surface area contributed by atoms with Gasteiger partial charge in [-0.1, -0.05) is 6.92 Å². The Hall–Kier alpha value is -1.40. The van der Waals surface area contributed by atoms with Gasteiger partial charge in [-0.3, -0.25) is 10.1 Å². The zero-order chi connectivity index (χ0) is 14.0. The van der Waals surface area contributed by atoms with Crippen molar-refractivity contribution in [1.29, 1.82) is 0 Å². The third kappa shape index (κ3) is 3.13. The quantitative estimate of drug-likeness (QED) is 0.839. The number of hydrogen-bond donors (Lipinski definition) is 2. The van der Waals surface area contributed by atoms with Crippen molar-refractivity contribution in [3.8, 4) is 0 Å². The van der Waals surface area contributed by atoms with Gasteiger partial charge in [-0.25, -0.2) is 4.98 Å². The van der Waals surface area contributed by atoms with E-state index in [1.54, 1.807) is 18.2 Å². The van der Waals surface area contributed by atoms with E-state index >= 15 is 0 Å².